The zero-order valence-electron chi connectivity index (χ0n) is 12.5. The lowest BCUT2D eigenvalue weighted by Gasteiger charge is -2.33. The van der Waals surface area contributed by atoms with Gasteiger partial charge in [0.15, 0.2) is 0 Å². The summed E-state index contributed by atoms with van der Waals surface area (Å²) in [6.45, 7) is 10.8. The fourth-order valence-corrected chi connectivity index (χ4v) is 1.97. The van der Waals surface area contributed by atoms with Gasteiger partial charge in [-0.15, -0.1) is 0 Å². The predicted molar refractivity (Wildman–Crippen MR) is 78.3 cm³/mol. The van der Waals surface area contributed by atoms with Crippen LogP contribution in [-0.2, 0) is 0 Å². The van der Waals surface area contributed by atoms with Crippen molar-refractivity contribution < 1.29 is 0 Å². The van der Waals surface area contributed by atoms with Gasteiger partial charge in [-0.3, -0.25) is 0 Å². The lowest BCUT2D eigenvalue weighted by Crippen LogP contribution is -2.52. The SMILES string of the molecule is CCCCCCCCCNC(C)(CN)C(C)C. The van der Waals surface area contributed by atoms with E-state index in [1.165, 1.54) is 44.9 Å². The Bertz CT molecular complexity index is 168. The molecule has 0 amide bonds. The fourth-order valence-electron chi connectivity index (χ4n) is 1.97. The third kappa shape index (κ3) is 7.77. The van der Waals surface area contributed by atoms with Crippen molar-refractivity contribution in [1.29, 1.82) is 0 Å². The second-order valence-corrected chi connectivity index (χ2v) is 5.82. The summed E-state index contributed by atoms with van der Waals surface area (Å²) in [6.07, 6.45) is 9.59. The van der Waals surface area contributed by atoms with Crippen LogP contribution in [0.2, 0.25) is 0 Å². The number of unbranched alkanes of at least 4 members (excludes halogenated alkanes) is 6. The van der Waals surface area contributed by atoms with Gasteiger partial charge in [0.25, 0.3) is 0 Å². The first-order valence-corrected chi connectivity index (χ1v) is 7.52. The maximum absolute atomic E-state index is 5.84. The molecule has 0 bridgehead atoms. The summed E-state index contributed by atoms with van der Waals surface area (Å²) in [6, 6.07) is 0. The highest BCUT2D eigenvalue weighted by atomic mass is 15.0. The van der Waals surface area contributed by atoms with Crippen LogP contribution in [0.1, 0.15) is 72.6 Å². The molecule has 0 aliphatic rings. The molecule has 0 radical (unpaired) electrons. The average Bonchev–Trinajstić information content (AvgIpc) is 2.32. The highest BCUT2D eigenvalue weighted by molar-refractivity contribution is 4.86. The van der Waals surface area contributed by atoms with Gasteiger partial charge in [0.1, 0.15) is 0 Å². The van der Waals surface area contributed by atoms with Gasteiger partial charge in [0.05, 0.1) is 0 Å². The van der Waals surface area contributed by atoms with Crippen LogP contribution in [0, 0.1) is 5.92 Å². The Balaban J connectivity index is 3.44. The van der Waals surface area contributed by atoms with Crippen LogP contribution >= 0.6 is 0 Å². The van der Waals surface area contributed by atoms with Crippen LogP contribution < -0.4 is 11.1 Å². The van der Waals surface area contributed by atoms with Crippen molar-refractivity contribution in [1.82, 2.24) is 5.32 Å². The first-order chi connectivity index (χ1) is 8.06. The molecule has 2 nitrogen and oxygen atoms in total. The molecule has 0 fully saturated rings. The number of rotatable bonds is 11. The standard InChI is InChI=1S/C15H34N2/c1-5-6-7-8-9-10-11-12-17-15(4,13-16)14(2)3/h14,17H,5-13,16H2,1-4H3. The second-order valence-electron chi connectivity index (χ2n) is 5.82. The van der Waals surface area contributed by atoms with E-state index < -0.39 is 0 Å². The summed E-state index contributed by atoms with van der Waals surface area (Å²) in [4.78, 5) is 0. The van der Waals surface area contributed by atoms with Crippen LogP contribution in [0.5, 0.6) is 0 Å². The summed E-state index contributed by atoms with van der Waals surface area (Å²) in [5.41, 5.74) is 5.95. The van der Waals surface area contributed by atoms with Crippen LogP contribution in [0.15, 0.2) is 0 Å². The van der Waals surface area contributed by atoms with Crippen LogP contribution in [-0.4, -0.2) is 18.6 Å². The summed E-state index contributed by atoms with van der Waals surface area (Å²) in [5.74, 6) is 0.594. The van der Waals surface area contributed by atoms with Crippen molar-refractivity contribution in [3.05, 3.63) is 0 Å². The Kier molecular flexibility index (Phi) is 9.85. The van der Waals surface area contributed by atoms with E-state index in [-0.39, 0.29) is 5.54 Å². The number of hydrogen-bond donors (Lipinski definition) is 2. The van der Waals surface area contributed by atoms with E-state index in [1.54, 1.807) is 0 Å². The van der Waals surface area contributed by atoms with Crippen LogP contribution in [0.3, 0.4) is 0 Å². The molecule has 0 spiro atoms. The molecule has 1 unspecified atom stereocenters. The Hall–Kier alpha value is -0.0800. The van der Waals surface area contributed by atoms with Gasteiger partial charge in [-0.05, 0) is 25.8 Å². The molecule has 0 saturated carbocycles. The van der Waals surface area contributed by atoms with Gasteiger partial charge in [-0.2, -0.15) is 0 Å². The smallest absolute Gasteiger partial charge is 0.0298 e. The van der Waals surface area contributed by atoms with Crippen molar-refractivity contribution in [2.24, 2.45) is 11.7 Å². The third-order valence-corrected chi connectivity index (χ3v) is 4.01. The van der Waals surface area contributed by atoms with Crippen molar-refractivity contribution in [3.8, 4) is 0 Å². The van der Waals surface area contributed by atoms with Crippen molar-refractivity contribution >= 4 is 0 Å². The first kappa shape index (κ1) is 16.9. The zero-order valence-corrected chi connectivity index (χ0v) is 12.5. The fraction of sp³-hybridized carbons (Fsp3) is 1.00. The number of nitrogens with two attached hydrogens (primary N) is 1. The minimum atomic E-state index is 0.113. The molecule has 0 aromatic rings. The zero-order chi connectivity index (χ0) is 13.1. The predicted octanol–water partition coefficient (Wildman–Crippen LogP) is 3.70. The average molecular weight is 242 g/mol. The molecule has 0 heterocycles. The molecule has 17 heavy (non-hydrogen) atoms. The van der Waals surface area contributed by atoms with Crippen LogP contribution in [0.25, 0.3) is 0 Å². The summed E-state index contributed by atoms with van der Waals surface area (Å²) >= 11 is 0. The van der Waals surface area contributed by atoms with Crippen molar-refractivity contribution in [2.75, 3.05) is 13.1 Å². The molecule has 0 aromatic carbocycles. The molecule has 0 aromatic heterocycles. The van der Waals surface area contributed by atoms with Crippen molar-refractivity contribution in [2.45, 2.75) is 78.2 Å². The molecule has 0 aliphatic carbocycles. The number of nitrogens with one attached hydrogen (secondary N) is 1. The topological polar surface area (TPSA) is 38.0 Å². The van der Waals surface area contributed by atoms with Gasteiger partial charge in [0.2, 0.25) is 0 Å². The quantitative estimate of drug-likeness (QED) is 0.542. The molecule has 0 saturated heterocycles. The molecule has 0 rings (SSSR count). The van der Waals surface area contributed by atoms with Gasteiger partial charge in [0, 0.05) is 12.1 Å². The molecule has 2 heteroatoms. The minimum Gasteiger partial charge on any atom is -0.329 e. The molecule has 1 atom stereocenters. The second kappa shape index (κ2) is 9.90. The van der Waals surface area contributed by atoms with E-state index in [2.05, 4.69) is 33.0 Å². The van der Waals surface area contributed by atoms with E-state index >= 15 is 0 Å². The molecular formula is C15H34N2. The van der Waals surface area contributed by atoms with Gasteiger partial charge < -0.3 is 11.1 Å². The van der Waals surface area contributed by atoms with Gasteiger partial charge in [-0.25, -0.2) is 0 Å². The van der Waals surface area contributed by atoms with E-state index in [1.807, 2.05) is 0 Å². The van der Waals surface area contributed by atoms with Gasteiger partial charge >= 0.3 is 0 Å². The maximum Gasteiger partial charge on any atom is 0.0298 e. The van der Waals surface area contributed by atoms with Gasteiger partial charge in [-0.1, -0.05) is 59.3 Å². The Morgan fingerprint density at radius 2 is 1.53 bits per heavy atom. The Labute approximate surface area is 109 Å². The molecule has 104 valence electrons. The lowest BCUT2D eigenvalue weighted by atomic mass is 9.88. The molecular weight excluding hydrogens is 208 g/mol. The van der Waals surface area contributed by atoms with E-state index in [9.17, 15) is 0 Å². The van der Waals surface area contributed by atoms with E-state index in [0.29, 0.717) is 5.92 Å². The maximum atomic E-state index is 5.84. The number of hydrogen-bond acceptors (Lipinski definition) is 2. The highest BCUT2D eigenvalue weighted by Crippen LogP contribution is 2.15. The largest absolute Gasteiger partial charge is 0.329 e. The van der Waals surface area contributed by atoms with Crippen LogP contribution in [0.4, 0.5) is 0 Å². The van der Waals surface area contributed by atoms with E-state index in [0.717, 1.165) is 13.1 Å². The molecule has 3 N–H and O–H groups in total. The summed E-state index contributed by atoms with van der Waals surface area (Å²) < 4.78 is 0. The highest BCUT2D eigenvalue weighted by Gasteiger charge is 2.25. The summed E-state index contributed by atoms with van der Waals surface area (Å²) in [7, 11) is 0. The normalized spacial score (nSPS) is 15.2. The first-order valence-electron chi connectivity index (χ1n) is 7.52. The monoisotopic (exact) mass is 242 g/mol. The minimum absolute atomic E-state index is 0.113. The third-order valence-electron chi connectivity index (χ3n) is 4.01. The Morgan fingerprint density at radius 1 is 1.00 bits per heavy atom. The summed E-state index contributed by atoms with van der Waals surface area (Å²) in [5, 5.41) is 3.62. The van der Waals surface area contributed by atoms with E-state index in [4.69, 9.17) is 5.73 Å². The van der Waals surface area contributed by atoms with Crippen molar-refractivity contribution in [3.63, 3.8) is 0 Å². The Morgan fingerprint density at radius 3 is 2.00 bits per heavy atom. The lowest BCUT2D eigenvalue weighted by molar-refractivity contribution is 0.267. The molecule has 0 aliphatic heterocycles.